The molecule has 2 bridgehead atoms. The lowest BCUT2D eigenvalue weighted by molar-refractivity contribution is -0.123. The average Bonchev–Trinajstić information content (AvgIpc) is 3.38. The Morgan fingerprint density at radius 1 is 1.19 bits per heavy atom. The maximum absolute atomic E-state index is 12.4. The zero-order valence-corrected chi connectivity index (χ0v) is 16.4. The molecule has 2 saturated carbocycles. The number of nitrogens with zero attached hydrogens (tertiary/aromatic N) is 4. The minimum absolute atomic E-state index is 0.0376. The number of hydrogen-bond acceptors (Lipinski definition) is 4. The second-order valence-corrected chi connectivity index (χ2v) is 8.62. The fraction of sp³-hybridized carbons (Fsp3) is 0.619. The first kappa shape index (κ1) is 18.1. The zero-order chi connectivity index (χ0) is 19.0. The summed E-state index contributed by atoms with van der Waals surface area (Å²) in [4.78, 5) is 13.8. The number of carbonyl (C=O) groups excluding carboxylic acids is 1. The number of tetrazole rings is 1. The molecule has 6 heteroatoms. The van der Waals surface area contributed by atoms with Crippen molar-refractivity contribution in [2.75, 3.05) is 0 Å². The van der Waals surface area contributed by atoms with Crippen LogP contribution in [0.15, 0.2) is 24.3 Å². The van der Waals surface area contributed by atoms with Crippen LogP contribution >= 0.6 is 0 Å². The van der Waals surface area contributed by atoms with E-state index in [1.165, 1.54) is 36.0 Å². The molecule has 1 amide bonds. The molecular weight excluding hydrogens is 338 g/mol. The van der Waals surface area contributed by atoms with Gasteiger partial charge in [-0.25, -0.2) is 0 Å². The summed E-state index contributed by atoms with van der Waals surface area (Å²) in [6.07, 6.45) is 5.34. The van der Waals surface area contributed by atoms with Gasteiger partial charge in [0.1, 0.15) is 6.54 Å². The molecule has 0 saturated heterocycles. The molecule has 0 radical (unpaired) electrons. The largest absolute Gasteiger partial charge is 0.352 e. The molecule has 0 aliphatic heterocycles. The lowest BCUT2D eigenvalue weighted by atomic mass is 9.84. The van der Waals surface area contributed by atoms with Crippen molar-refractivity contribution < 1.29 is 4.79 Å². The van der Waals surface area contributed by atoms with Crippen LogP contribution in [0.4, 0.5) is 0 Å². The van der Waals surface area contributed by atoms with E-state index in [1.807, 2.05) is 12.1 Å². The zero-order valence-electron chi connectivity index (χ0n) is 16.4. The van der Waals surface area contributed by atoms with Crippen LogP contribution < -0.4 is 5.32 Å². The van der Waals surface area contributed by atoms with Crippen molar-refractivity contribution in [2.24, 2.45) is 17.8 Å². The molecule has 1 aromatic carbocycles. The lowest BCUT2D eigenvalue weighted by Gasteiger charge is -2.28. The third kappa shape index (κ3) is 3.89. The Labute approximate surface area is 160 Å². The molecule has 4 rings (SSSR count). The molecule has 2 aromatic rings. The first-order valence-corrected chi connectivity index (χ1v) is 10.2. The average molecular weight is 367 g/mol. The number of hydrogen-bond donors (Lipinski definition) is 1. The maximum Gasteiger partial charge on any atom is 0.243 e. The molecule has 4 unspecified atom stereocenters. The van der Waals surface area contributed by atoms with Crippen molar-refractivity contribution in [3.05, 3.63) is 29.8 Å². The third-order valence-corrected chi connectivity index (χ3v) is 6.40. The van der Waals surface area contributed by atoms with Gasteiger partial charge in [0.05, 0.1) is 0 Å². The number of aromatic nitrogens is 4. The second kappa shape index (κ2) is 7.41. The van der Waals surface area contributed by atoms with Gasteiger partial charge in [0, 0.05) is 11.6 Å². The molecule has 4 atom stereocenters. The number of fused-ring (bicyclic) bond motifs is 2. The summed E-state index contributed by atoms with van der Waals surface area (Å²) in [6, 6.07) is 8.41. The number of amides is 1. The highest BCUT2D eigenvalue weighted by Gasteiger charge is 2.42. The molecule has 1 aromatic heterocycles. The molecule has 1 heterocycles. The number of nitrogens with one attached hydrogen (secondary N) is 1. The molecule has 6 nitrogen and oxygen atoms in total. The minimum atomic E-state index is -0.0376. The second-order valence-electron chi connectivity index (χ2n) is 8.62. The van der Waals surface area contributed by atoms with Crippen LogP contribution in [0.25, 0.3) is 11.4 Å². The van der Waals surface area contributed by atoms with Gasteiger partial charge in [-0.15, -0.1) is 10.2 Å². The van der Waals surface area contributed by atoms with Crippen molar-refractivity contribution in [1.82, 2.24) is 25.5 Å². The molecular formula is C21H29N5O. The van der Waals surface area contributed by atoms with Gasteiger partial charge in [-0.1, -0.05) is 44.5 Å². The van der Waals surface area contributed by atoms with E-state index in [9.17, 15) is 4.79 Å². The summed E-state index contributed by atoms with van der Waals surface area (Å²) >= 11 is 0. The summed E-state index contributed by atoms with van der Waals surface area (Å²) in [5.74, 6) is 3.33. The van der Waals surface area contributed by atoms with Crippen molar-refractivity contribution in [3.8, 4) is 11.4 Å². The van der Waals surface area contributed by atoms with Crippen LogP contribution in [0.1, 0.15) is 57.9 Å². The van der Waals surface area contributed by atoms with Gasteiger partial charge in [-0.3, -0.25) is 4.79 Å². The first-order valence-electron chi connectivity index (χ1n) is 10.2. The van der Waals surface area contributed by atoms with Gasteiger partial charge < -0.3 is 5.32 Å². The normalized spacial score (nSPS) is 25.1. The highest BCUT2D eigenvalue weighted by Crippen LogP contribution is 2.49. The summed E-state index contributed by atoms with van der Waals surface area (Å²) in [5, 5.41) is 15.7. The van der Waals surface area contributed by atoms with E-state index >= 15 is 0 Å². The van der Waals surface area contributed by atoms with Gasteiger partial charge in [0.15, 0.2) is 0 Å². The summed E-state index contributed by atoms with van der Waals surface area (Å²) in [7, 11) is 0. The van der Waals surface area contributed by atoms with E-state index < -0.39 is 0 Å². The topological polar surface area (TPSA) is 72.7 Å². The highest BCUT2D eigenvalue weighted by molar-refractivity contribution is 5.75. The maximum atomic E-state index is 12.4. The van der Waals surface area contributed by atoms with Crippen molar-refractivity contribution in [1.29, 1.82) is 0 Å². The van der Waals surface area contributed by atoms with Gasteiger partial charge in [0.25, 0.3) is 0 Å². The van der Waals surface area contributed by atoms with E-state index in [-0.39, 0.29) is 18.5 Å². The van der Waals surface area contributed by atoms with E-state index in [0.717, 1.165) is 17.4 Å². The number of carbonyl (C=O) groups is 1. The van der Waals surface area contributed by atoms with Crippen molar-refractivity contribution in [3.63, 3.8) is 0 Å². The molecule has 2 fully saturated rings. The minimum Gasteiger partial charge on any atom is -0.352 e. The van der Waals surface area contributed by atoms with Crippen LogP contribution in [0, 0.1) is 17.8 Å². The van der Waals surface area contributed by atoms with E-state index in [0.29, 0.717) is 17.7 Å². The number of rotatable bonds is 6. The van der Waals surface area contributed by atoms with E-state index in [4.69, 9.17) is 0 Å². The predicted octanol–water partition coefficient (Wildman–Crippen LogP) is 3.40. The Morgan fingerprint density at radius 3 is 2.59 bits per heavy atom. The van der Waals surface area contributed by atoms with Crippen LogP contribution in [-0.4, -0.2) is 32.2 Å². The first-order chi connectivity index (χ1) is 13.0. The Bertz CT molecular complexity index is 797. The smallest absolute Gasteiger partial charge is 0.243 e. The Kier molecular flexibility index (Phi) is 4.98. The Hall–Kier alpha value is -2.24. The third-order valence-electron chi connectivity index (χ3n) is 6.40. The molecule has 27 heavy (non-hydrogen) atoms. The fourth-order valence-corrected chi connectivity index (χ4v) is 4.88. The van der Waals surface area contributed by atoms with E-state index in [2.05, 4.69) is 53.6 Å². The molecule has 0 spiro atoms. The van der Waals surface area contributed by atoms with Gasteiger partial charge in [-0.05, 0) is 60.6 Å². The van der Waals surface area contributed by atoms with Gasteiger partial charge in [0.2, 0.25) is 11.7 Å². The van der Waals surface area contributed by atoms with E-state index in [1.54, 1.807) is 0 Å². The van der Waals surface area contributed by atoms with Crippen molar-refractivity contribution in [2.45, 2.75) is 65.0 Å². The van der Waals surface area contributed by atoms with Crippen LogP contribution in [0.5, 0.6) is 0 Å². The Balaban J connectivity index is 1.34. The van der Waals surface area contributed by atoms with Crippen LogP contribution in [-0.2, 0) is 11.3 Å². The highest BCUT2D eigenvalue weighted by atomic mass is 16.2. The SMILES string of the molecule is CC(C)c1ccc(-c2nnn(CC(=O)NC(C)C3CC4CCC3C4)n2)cc1. The van der Waals surface area contributed by atoms with Gasteiger partial charge >= 0.3 is 0 Å². The Morgan fingerprint density at radius 2 is 1.96 bits per heavy atom. The standard InChI is InChI=1S/C21H29N5O/c1-13(2)16-6-8-17(9-7-16)21-23-25-26(24-21)12-20(27)22-14(3)19-11-15-4-5-18(19)10-15/h6-9,13-15,18-19H,4-5,10-12H2,1-3H3,(H,22,27). The monoisotopic (exact) mass is 367 g/mol. The summed E-state index contributed by atoms with van der Waals surface area (Å²) in [6.45, 7) is 6.58. The fourth-order valence-electron chi connectivity index (χ4n) is 4.88. The predicted molar refractivity (Wildman–Crippen MR) is 104 cm³/mol. The summed E-state index contributed by atoms with van der Waals surface area (Å²) < 4.78 is 0. The molecule has 144 valence electrons. The van der Waals surface area contributed by atoms with Crippen LogP contribution in [0.2, 0.25) is 0 Å². The summed E-state index contributed by atoms with van der Waals surface area (Å²) in [5.41, 5.74) is 2.20. The quantitative estimate of drug-likeness (QED) is 0.849. The van der Waals surface area contributed by atoms with Crippen molar-refractivity contribution >= 4 is 5.91 Å². The molecule has 2 aliphatic rings. The molecule has 2 aliphatic carbocycles. The molecule has 1 N–H and O–H groups in total. The lowest BCUT2D eigenvalue weighted by Crippen LogP contribution is -2.41. The van der Waals surface area contributed by atoms with Gasteiger partial charge in [-0.2, -0.15) is 4.80 Å². The number of benzene rings is 1. The van der Waals surface area contributed by atoms with Crippen LogP contribution in [0.3, 0.4) is 0 Å².